The fourth-order valence-corrected chi connectivity index (χ4v) is 3.80. The third-order valence-corrected chi connectivity index (χ3v) is 5.47. The Hall–Kier alpha value is -3.33. The molecule has 162 valence electrons. The Kier molecular flexibility index (Phi) is 6.22. The predicted octanol–water partition coefficient (Wildman–Crippen LogP) is 2.31. The summed E-state index contributed by atoms with van der Waals surface area (Å²) in [6, 6.07) is 12.1. The zero-order valence-corrected chi connectivity index (χ0v) is 17.7. The van der Waals surface area contributed by atoms with Crippen molar-refractivity contribution in [3.05, 3.63) is 64.2 Å². The van der Waals surface area contributed by atoms with Crippen molar-refractivity contribution >= 4 is 34.9 Å². The van der Waals surface area contributed by atoms with Crippen molar-refractivity contribution in [1.82, 2.24) is 24.0 Å². The van der Waals surface area contributed by atoms with Gasteiger partial charge in [0.15, 0.2) is 5.65 Å². The first-order valence-electron chi connectivity index (χ1n) is 10.1. The van der Waals surface area contributed by atoms with Gasteiger partial charge in [-0.05, 0) is 36.8 Å². The number of aromatic nitrogens is 3. The highest BCUT2D eigenvalue weighted by molar-refractivity contribution is 6.30. The number of rotatable bonds is 4. The van der Waals surface area contributed by atoms with Gasteiger partial charge in [0.05, 0.1) is 6.54 Å². The number of aryl methyl sites for hydroxylation is 1. The smallest absolute Gasteiger partial charge is 0.341 e. The van der Waals surface area contributed by atoms with Crippen LogP contribution in [0.15, 0.2) is 53.5 Å². The Morgan fingerprint density at radius 1 is 1.03 bits per heavy atom. The van der Waals surface area contributed by atoms with E-state index in [1.807, 2.05) is 6.07 Å². The lowest BCUT2D eigenvalue weighted by Gasteiger charge is -2.22. The summed E-state index contributed by atoms with van der Waals surface area (Å²) in [5.74, 6) is -0.0546. The molecule has 0 saturated carbocycles. The van der Waals surface area contributed by atoms with Gasteiger partial charge in [0.1, 0.15) is 0 Å². The van der Waals surface area contributed by atoms with E-state index in [9.17, 15) is 14.4 Å². The van der Waals surface area contributed by atoms with Crippen molar-refractivity contribution in [2.24, 2.45) is 0 Å². The largest absolute Gasteiger partial charge is 0.350 e. The fraction of sp³-hybridized carbons (Fsp3) is 0.333. The maximum atomic E-state index is 12.7. The van der Waals surface area contributed by atoms with Gasteiger partial charge in [0, 0.05) is 49.5 Å². The van der Waals surface area contributed by atoms with Gasteiger partial charge in [-0.1, -0.05) is 23.7 Å². The zero-order chi connectivity index (χ0) is 21.8. The van der Waals surface area contributed by atoms with Crippen LogP contribution in [0, 0.1) is 0 Å². The minimum atomic E-state index is -0.261. The molecular formula is C21H23ClN6O3. The van der Waals surface area contributed by atoms with Crippen molar-refractivity contribution in [3.8, 4) is 0 Å². The van der Waals surface area contributed by atoms with Gasteiger partial charge in [-0.15, -0.1) is 5.10 Å². The first-order chi connectivity index (χ1) is 15.0. The van der Waals surface area contributed by atoms with Crippen molar-refractivity contribution in [2.75, 3.05) is 31.5 Å². The molecule has 3 amide bonds. The predicted molar refractivity (Wildman–Crippen MR) is 117 cm³/mol. The number of amides is 3. The number of hydrogen-bond donors (Lipinski definition) is 1. The molecule has 3 aromatic rings. The summed E-state index contributed by atoms with van der Waals surface area (Å²) in [4.78, 5) is 41.0. The fourth-order valence-electron chi connectivity index (χ4n) is 3.61. The van der Waals surface area contributed by atoms with E-state index in [1.165, 1.54) is 9.08 Å². The van der Waals surface area contributed by atoms with E-state index < -0.39 is 0 Å². The highest BCUT2D eigenvalue weighted by Crippen LogP contribution is 2.16. The maximum Gasteiger partial charge on any atom is 0.350 e. The van der Waals surface area contributed by atoms with Crippen LogP contribution in [0.1, 0.15) is 12.8 Å². The summed E-state index contributed by atoms with van der Waals surface area (Å²) in [6.45, 7) is 2.23. The van der Waals surface area contributed by atoms with Crippen LogP contribution >= 0.6 is 11.6 Å². The van der Waals surface area contributed by atoms with Crippen LogP contribution in [0.2, 0.25) is 5.02 Å². The second-order valence-corrected chi connectivity index (χ2v) is 7.78. The Balaban J connectivity index is 1.31. The molecule has 0 radical (unpaired) electrons. The number of nitrogens with one attached hydrogen (secondary N) is 1. The van der Waals surface area contributed by atoms with Gasteiger partial charge in [0.25, 0.3) is 0 Å². The monoisotopic (exact) mass is 442 g/mol. The lowest BCUT2D eigenvalue weighted by Crippen LogP contribution is -2.39. The molecule has 0 unspecified atom stereocenters. The number of urea groups is 1. The molecular weight excluding hydrogens is 420 g/mol. The number of hydrogen-bond acceptors (Lipinski definition) is 4. The third kappa shape index (κ3) is 4.88. The molecule has 2 aromatic heterocycles. The minimum Gasteiger partial charge on any atom is -0.341 e. The number of halogens is 1. The number of benzene rings is 1. The molecule has 1 fully saturated rings. The summed E-state index contributed by atoms with van der Waals surface area (Å²) in [7, 11) is 0. The van der Waals surface area contributed by atoms with Gasteiger partial charge in [-0.25, -0.2) is 14.3 Å². The van der Waals surface area contributed by atoms with Crippen LogP contribution in [0.25, 0.3) is 5.65 Å². The Bertz CT molecular complexity index is 1160. The lowest BCUT2D eigenvalue weighted by atomic mass is 10.3. The van der Waals surface area contributed by atoms with E-state index in [0.29, 0.717) is 49.0 Å². The average molecular weight is 443 g/mol. The molecule has 1 saturated heterocycles. The molecule has 1 N–H and O–H groups in total. The highest BCUT2D eigenvalue weighted by atomic mass is 35.5. The molecule has 4 rings (SSSR count). The zero-order valence-electron chi connectivity index (χ0n) is 16.9. The summed E-state index contributed by atoms with van der Waals surface area (Å²) < 4.78 is 2.77. The third-order valence-electron chi connectivity index (χ3n) is 5.24. The molecule has 10 heteroatoms. The Morgan fingerprint density at radius 2 is 1.84 bits per heavy atom. The van der Waals surface area contributed by atoms with Gasteiger partial charge in [-0.2, -0.15) is 0 Å². The second kappa shape index (κ2) is 9.22. The van der Waals surface area contributed by atoms with Crippen molar-refractivity contribution < 1.29 is 9.59 Å². The number of pyridine rings is 1. The van der Waals surface area contributed by atoms with E-state index in [4.69, 9.17) is 11.6 Å². The molecule has 1 aliphatic rings. The first kappa shape index (κ1) is 20.9. The van der Waals surface area contributed by atoms with Crippen LogP contribution in [-0.2, 0) is 11.3 Å². The molecule has 0 atom stereocenters. The maximum absolute atomic E-state index is 12.7. The number of nitrogens with zero attached hydrogens (tertiary/aromatic N) is 5. The minimum absolute atomic E-state index is 0.0546. The second-order valence-electron chi connectivity index (χ2n) is 7.35. The van der Waals surface area contributed by atoms with Crippen LogP contribution < -0.4 is 11.0 Å². The molecule has 0 spiro atoms. The first-order valence-corrected chi connectivity index (χ1v) is 10.5. The topological polar surface area (TPSA) is 92.0 Å². The normalized spacial score (nSPS) is 14.5. The van der Waals surface area contributed by atoms with Crippen LogP contribution in [0.4, 0.5) is 10.5 Å². The van der Waals surface area contributed by atoms with E-state index in [2.05, 4.69) is 10.4 Å². The van der Waals surface area contributed by atoms with Gasteiger partial charge in [0.2, 0.25) is 5.91 Å². The lowest BCUT2D eigenvalue weighted by molar-refractivity contribution is -0.131. The van der Waals surface area contributed by atoms with E-state index in [1.54, 1.807) is 52.4 Å². The average Bonchev–Trinajstić information content (AvgIpc) is 2.92. The standard InChI is InChI=1S/C21H23ClN6O3/c22-16-5-3-6-17(15-16)23-20(30)26-10-4-9-25(13-14-26)19(29)8-12-28-21(31)27-11-2-1-7-18(27)24-28/h1-3,5-7,11,15H,4,8-10,12-14H2,(H,23,30). The van der Waals surface area contributed by atoms with E-state index in [0.717, 1.165) is 0 Å². The van der Waals surface area contributed by atoms with Crippen molar-refractivity contribution in [1.29, 1.82) is 0 Å². The van der Waals surface area contributed by atoms with Crippen LogP contribution in [0.5, 0.6) is 0 Å². The highest BCUT2D eigenvalue weighted by Gasteiger charge is 2.22. The number of carbonyl (C=O) groups excluding carboxylic acids is 2. The van der Waals surface area contributed by atoms with Gasteiger partial charge >= 0.3 is 11.7 Å². The Morgan fingerprint density at radius 3 is 2.65 bits per heavy atom. The molecule has 0 bridgehead atoms. The summed E-state index contributed by atoms with van der Waals surface area (Å²) in [5, 5.41) is 7.65. The Labute approximate surface area is 183 Å². The number of fused-ring (bicyclic) bond motifs is 1. The summed E-state index contributed by atoms with van der Waals surface area (Å²) in [5.41, 5.74) is 0.923. The van der Waals surface area contributed by atoms with E-state index in [-0.39, 0.29) is 30.6 Å². The van der Waals surface area contributed by atoms with Crippen LogP contribution in [0.3, 0.4) is 0 Å². The number of carbonyl (C=O) groups is 2. The SMILES string of the molecule is O=C(CCn1nc2ccccn2c1=O)N1CCCN(C(=O)Nc2cccc(Cl)c2)CC1. The van der Waals surface area contributed by atoms with Crippen molar-refractivity contribution in [2.45, 2.75) is 19.4 Å². The van der Waals surface area contributed by atoms with Gasteiger partial charge < -0.3 is 15.1 Å². The van der Waals surface area contributed by atoms with Crippen LogP contribution in [-0.4, -0.2) is 62.1 Å². The number of anilines is 1. The summed E-state index contributed by atoms with van der Waals surface area (Å²) >= 11 is 5.96. The molecule has 1 aromatic carbocycles. The molecule has 3 heterocycles. The van der Waals surface area contributed by atoms with E-state index >= 15 is 0 Å². The molecule has 0 aliphatic carbocycles. The van der Waals surface area contributed by atoms with Crippen molar-refractivity contribution in [3.63, 3.8) is 0 Å². The molecule has 9 nitrogen and oxygen atoms in total. The van der Waals surface area contributed by atoms with Gasteiger partial charge in [-0.3, -0.25) is 9.20 Å². The summed E-state index contributed by atoms with van der Waals surface area (Å²) in [6.07, 6.45) is 2.52. The quantitative estimate of drug-likeness (QED) is 0.671. The molecule has 1 aliphatic heterocycles. The molecule has 31 heavy (non-hydrogen) atoms.